The molecule has 86 valence electrons. The van der Waals surface area contributed by atoms with Gasteiger partial charge in [0.05, 0.1) is 5.60 Å². The van der Waals surface area contributed by atoms with Crippen LogP contribution in [0.5, 0.6) is 0 Å². The van der Waals surface area contributed by atoms with Crippen LogP contribution in [0.1, 0.15) is 20.8 Å². The third-order valence-corrected chi connectivity index (χ3v) is 3.06. The molecule has 0 spiro atoms. The first-order valence-corrected chi connectivity index (χ1v) is 5.61. The molecule has 0 amide bonds. The molecule has 1 N–H and O–H groups in total. The molecule has 0 fully saturated rings. The largest absolute Gasteiger partial charge is 0.389 e. The minimum Gasteiger partial charge on any atom is -0.389 e. The second-order valence-electron chi connectivity index (χ2n) is 3.54. The third-order valence-electron chi connectivity index (χ3n) is 1.50. The number of sulfonamides is 1. The molecular formula is C7H15F2NO3S. The number of aliphatic hydroxyl groups is 1. The quantitative estimate of drug-likeness (QED) is 0.755. The van der Waals surface area contributed by atoms with Crippen LogP contribution >= 0.6 is 0 Å². The van der Waals surface area contributed by atoms with Gasteiger partial charge in [0.2, 0.25) is 0 Å². The van der Waals surface area contributed by atoms with Gasteiger partial charge >= 0.3 is 5.76 Å². The van der Waals surface area contributed by atoms with E-state index < -0.39 is 21.4 Å². The van der Waals surface area contributed by atoms with Crippen LogP contribution in [0.2, 0.25) is 0 Å². The number of rotatable bonds is 5. The highest BCUT2D eigenvalue weighted by atomic mass is 32.2. The van der Waals surface area contributed by atoms with Gasteiger partial charge in [0.25, 0.3) is 10.0 Å². The molecule has 0 aromatic carbocycles. The number of halogens is 2. The van der Waals surface area contributed by atoms with Crippen molar-refractivity contribution in [3.8, 4) is 0 Å². The highest BCUT2D eigenvalue weighted by molar-refractivity contribution is 7.89. The summed E-state index contributed by atoms with van der Waals surface area (Å²) < 4.78 is 46.8. The topological polar surface area (TPSA) is 57.6 Å². The summed E-state index contributed by atoms with van der Waals surface area (Å²) in [6, 6.07) is 0. The van der Waals surface area contributed by atoms with E-state index in [0.29, 0.717) is 4.31 Å². The molecule has 0 rings (SSSR count). The molecule has 0 radical (unpaired) electrons. The van der Waals surface area contributed by atoms with E-state index in [1.807, 2.05) is 0 Å². The van der Waals surface area contributed by atoms with Gasteiger partial charge in [-0.3, -0.25) is 0 Å². The van der Waals surface area contributed by atoms with E-state index >= 15 is 0 Å². The first kappa shape index (κ1) is 13.7. The molecule has 0 aromatic rings. The molecule has 14 heavy (non-hydrogen) atoms. The minimum atomic E-state index is -4.58. The van der Waals surface area contributed by atoms with Gasteiger partial charge in [-0.2, -0.15) is 13.1 Å². The van der Waals surface area contributed by atoms with Crippen molar-refractivity contribution in [1.29, 1.82) is 0 Å². The molecule has 4 nitrogen and oxygen atoms in total. The predicted octanol–water partition coefficient (Wildman–Crippen LogP) is 0.632. The van der Waals surface area contributed by atoms with Gasteiger partial charge in [-0.25, -0.2) is 8.42 Å². The van der Waals surface area contributed by atoms with Crippen molar-refractivity contribution in [1.82, 2.24) is 4.31 Å². The Balaban J connectivity index is 4.75. The Morgan fingerprint density at radius 1 is 1.43 bits per heavy atom. The van der Waals surface area contributed by atoms with Crippen molar-refractivity contribution in [2.75, 3.05) is 13.1 Å². The Morgan fingerprint density at radius 3 is 2.07 bits per heavy atom. The van der Waals surface area contributed by atoms with E-state index in [-0.39, 0.29) is 13.1 Å². The maximum Gasteiger partial charge on any atom is 0.350 e. The van der Waals surface area contributed by atoms with Gasteiger partial charge in [-0.15, -0.1) is 0 Å². The zero-order valence-electron chi connectivity index (χ0n) is 8.37. The standard InChI is InChI=1S/C7H15F2NO3S/c1-4-10(5-7(2,3)11)14(12,13)6(8)9/h6,11H,4-5H2,1-3H3. The zero-order chi connectivity index (χ0) is 11.6. The van der Waals surface area contributed by atoms with Crippen molar-refractivity contribution >= 4 is 10.0 Å². The Bertz CT molecular complexity index is 271. The minimum absolute atomic E-state index is 0.0866. The van der Waals surface area contributed by atoms with E-state index in [2.05, 4.69) is 0 Å². The fraction of sp³-hybridized carbons (Fsp3) is 1.00. The summed E-state index contributed by atoms with van der Waals surface area (Å²) in [5.74, 6) is -3.44. The lowest BCUT2D eigenvalue weighted by atomic mass is 10.1. The van der Waals surface area contributed by atoms with Gasteiger partial charge in [0.1, 0.15) is 0 Å². The molecule has 7 heteroatoms. The molecule has 0 unspecified atom stereocenters. The number of hydrogen-bond donors (Lipinski definition) is 1. The van der Waals surface area contributed by atoms with Crippen molar-refractivity contribution in [3.05, 3.63) is 0 Å². The zero-order valence-corrected chi connectivity index (χ0v) is 9.18. The van der Waals surface area contributed by atoms with Gasteiger partial charge < -0.3 is 5.11 Å². The smallest absolute Gasteiger partial charge is 0.350 e. The molecule has 0 atom stereocenters. The van der Waals surface area contributed by atoms with Gasteiger partial charge in [0, 0.05) is 13.1 Å². The van der Waals surface area contributed by atoms with Crippen LogP contribution in [0, 0.1) is 0 Å². The monoisotopic (exact) mass is 231 g/mol. The normalized spacial score (nSPS) is 14.0. The lowest BCUT2D eigenvalue weighted by molar-refractivity contribution is 0.0581. The Hall–Kier alpha value is -0.270. The summed E-state index contributed by atoms with van der Waals surface area (Å²) >= 11 is 0. The van der Waals surface area contributed by atoms with Crippen LogP contribution in [-0.4, -0.2) is 42.3 Å². The molecule has 0 aromatic heterocycles. The van der Waals surface area contributed by atoms with Crippen molar-refractivity contribution in [3.63, 3.8) is 0 Å². The van der Waals surface area contributed by atoms with Crippen LogP contribution < -0.4 is 0 Å². The second kappa shape index (κ2) is 4.50. The maximum absolute atomic E-state index is 12.1. The van der Waals surface area contributed by atoms with Crippen LogP contribution in [-0.2, 0) is 10.0 Å². The fourth-order valence-corrected chi connectivity index (χ4v) is 2.01. The van der Waals surface area contributed by atoms with E-state index in [4.69, 9.17) is 0 Å². The first-order chi connectivity index (χ1) is 6.11. The van der Waals surface area contributed by atoms with Crippen LogP contribution in [0.4, 0.5) is 8.78 Å². The Kier molecular flexibility index (Phi) is 4.41. The molecule has 0 saturated heterocycles. The van der Waals surface area contributed by atoms with Crippen molar-refractivity contribution in [2.45, 2.75) is 32.1 Å². The van der Waals surface area contributed by atoms with E-state index in [9.17, 15) is 22.3 Å². The number of alkyl halides is 2. The average molecular weight is 231 g/mol. The lowest BCUT2D eigenvalue weighted by Gasteiger charge is -2.26. The lowest BCUT2D eigenvalue weighted by Crippen LogP contribution is -2.44. The van der Waals surface area contributed by atoms with Crippen LogP contribution in [0.15, 0.2) is 0 Å². The number of nitrogens with zero attached hydrogens (tertiary/aromatic N) is 1. The summed E-state index contributed by atoms with van der Waals surface area (Å²) in [4.78, 5) is 0. The Labute approximate surface area is 82.6 Å². The predicted molar refractivity (Wildman–Crippen MR) is 48.5 cm³/mol. The molecule has 0 bridgehead atoms. The van der Waals surface area contributed by atoms with Crippen LogP contribution in [0.3, 0.4) is 0 Å². The van der Waals surface area contributed by atoms with Crippen LogP contribution in [0.25, 0.3) is 0 Å². The summed E-state index contributed by atoms with van der Waals surface area (Å²) in [7, 11) is -4.58. The highest BCUT2D eigenvalue weighted by Gasteiger charge is 2.33. The molecule has 0 aliphatic heterocycles. The summed E-state index contributed by atoms with van der Waals surface area (Å²) in [5, 5.41) is 9.31. The van der Waals surface area contributed by atoms with Gasteiger partial charge in [-0.05, 0) is 13.8 Å². The van der Waals surface area contributed by atoms with Gasteiger partial charge in [0.15, 0.2) is 0 Å². The van der Waals surface area contributed by atoms with E-state index in [0.717, 1.165) is 0 Å². The Morgan fingerprint density at radius 2 is 1.86 bits per heavy atom. The molecule has 0 heterocycles. The molecule has 0 saturated carbocycles. The van der Waals surface area contributed by atoms with Gasteiger partial charge in [-0.1, -0.05) is 6.92 Å². The fourth-order valence-electron chi connectivity index (χ4n) is 0.926. The van der Waals surface area contributed by atoms with E-state index in [1.165, 1.54) is 20.8 Å². The van der Waals surface area contributed by atoms with Crippen molar-refractivity contribution in [2.24, 2.45) is 0 Å². The second-order valence-corrected chi connectivity index (χ2v) is 5.45. The average Bonchev–Trinajstić information content (AvgIpc) is 1.97. The first-order valence-electron chi connectivity index (χ1n) is 4.10. The highest BCUT2D eigenvalue weighted by Crippen LogP contribution is 2.15. The maximum atomic E-state index is 12.1. The molecule has 0 aliphatic rings. The summed E-state index contributed by atoms with van der Waals surface area (Å²) in [6.45, 7) is 3.73. The van der Waals surface area contributed by atoms with Crippen molar-refractivity contribution < 1.29 is 22.3 Å². The SMILES string of the molecule is CCN(CC(C)(C)O)S(=O)(=O)C(F)F. The summed E-state index contributed by atoms with van der Waals surface area (Å²) in [5.41, 5.74) is -1.32. The molecule has 0 aliphatic carbocycles. The summed E-state index contributed by atoms with van der Waals surface area (Å²) in [6.07, 6.45) is 0. The number of hydrogen-bond acceptors (Lipinski definition) is 3. The third kappa shape index (κ3) is 3.85. The number of likely N-dealkylation sites (N-methyl/N-ethyl adjacent to an activating group) is 1. The van der Waals surface area contributed by atoms with E-state index in [1.54, 1.807) is 0 Å². The molecular weight excluding hydrogens is 216 g/mol.